The second kappa shape index (κ2) is 62.1. The first-order chi connectivity index (χ1) is 37.0. The second-order valence-corrected chi connectivity index (χ2v) is 19.9. The van der Waals surface area contributed by atoms with Crippen molar-refractivity contribution in [2.45, 2.75) is 271 Å². The zero-order valence-corrected chi connectivity index (χ0v) is 48.5. The third-order valence-electron chi connectivity index (χ3n) is 12.6. The monoisotopic (exact) mass is 1040 g/mol. The lowest BCUT2D eigenvalue weighted by Gasteiger charge is -2.18. The molecule has 0 saturated heterocycles. The molecule has 0 aromatic carbocycles. The fourth-order valence-electron chi connectivity index (χ4n) is 8.00. The fraction of sp³-hybridized carbons (Fsp3) is 0.638. The predicted molar refractivity (Wildman–Crippen MR) is 325 cm³/mol. The summed E-state index contributed by atoms with van der Waals surface area (Å²) in [5.74, 6) is -0.949. The van der Waals surface area contributed by atoms with E-state index in [0.717, 1.165) is 161 Å². The van der Waals surface area contributed by atoms with Crippen LogP contribution < -0.4 is 0 Å². The van der Waals surface area contributed by atoms with E-state index in [2.05, 4.69) is 154 Å². The van der Waals surface area contributed by atoms with Crippen LogP contribution in [0.3, 0.4) is 0 Å². The number of allylic oxidation sites excluding steroid dienone is 22. The number of hydrogen-bond donors (Lipinski definition) is 0. The normalized spacial score (nSPS) is 13.1. The van der Waals surface area contributed by atoms with Gasteiger partial charge in [0.2, 0.25) is 0 Å². The summed E-state index contributed by atoms with van der Waals surface area (Å²) in [6, 6.07) is 0. The van der Waals surface area contributed by atoms with Crippen LogP contribution in [-0.4, -0.2) is 37.2 Å². The van der Waals surface area contributed by atoms with Crippen molar-refractivity contribution in [1.29, 1.82) is 0 Å². The SMILES string of the molecule is CC/C=C\C/C=C\C/C=C\C/C=C\C/C=C\C/C=C\C/C=C\C/C=C\CCCCCCC(=O)OCC(COC(=O)CCCCCCC/C=C\CCCCCCC)OC(=O)CCCCCCC/C=C\C/C=C\CCCC. The van der Waals surface area contributed by atoms with Gasteiger partial charge in [-0.1, -0.05) is 244 Å². The molecule has 0 saturated carbocycles. The Morgan fingerprint density at radius 1 is 0.280 bits per heavy atom. The first-order valence-electron chi connectivity index (χ1n) is 30.7. The summed E-state index contributed by atoms with van der Waals surface area (Å²) >= 11 is 0. The van der Waals surface area contributed by atoms with Gasteiger partial charge in [0.25, 0.3) is 0 Å². The highest BCUT2D eigenvalue weighted by atomic mass is 16.6. The molecule has 0 heterocycles. The molecular weight excluding hydrogens is 925 g/mol. The summed E-state index contributed by atoms with van der Waals surface area (Å²) in [5, 5.41) is 0. The molecule has 0 N–H and O–H groups in total. The van der Waals surface area contributed by atoms with E-state index >= 15 is 0 Å². The average Bonchev–Trinajstić information content (AvgIpc) is 3.41. The molecule has 1 unspecified atom stereocenters. The highest BCUT2D eigenvalue weighted by Crippen LogP contribution is 2.14. The van der Waals surface area contributed by atoms with Crippen LogP contribution in [0.4, 0.5) is 0 Å². The lowest BCUT2D eigenvalue weighted by Crippen LogP contribution is -2.30. The molecule has 0 aliphatic rings. The van der Waals surface area contributed by atoms with Gasteiger partial charge in [0.1, 0.15) is 13.2 Å². The van der Waals surface area contributed by atoms with E-state index in [9.17, 15) is 14.4 Å². The number of rotatable bonds is 54. The van der Waals surface area contributed by atoms with Gasteiger partial charge < -0.3 is 14.2 Å². The van der Waals surface area contributed by atoms with E-state index in [-0.39, 0.29) is 31.1 Å². The Labute approximate surface area is 462 Å². The van der Waals surface area contributed by atoms with Crippen molar-refractivity contribution in [3.8, 4) is 0 Å². The van der Waals surface area contributed by atoms with Crippen molar-refractivity contribution in [2.24, 2.45) is 0 Å². The van der Waals surface area contributed by atoms with Crippen LogP contribution in [0, 0.1) is 0 Å². The lowest BCUT2D eigenvalue weighted by molar-refractivity contribution is -0.167. The Morgan fingerprint density at radius 2 is 0.533 bits per heavy atom. The molecular formula is C69H112O6. The average molecular weight is 1040 g/mol. The highest BCUT2D eigenvalue weighted by molar-refractivity contribution is 5.71. The Morgan fingerprint density at radius 3 is 0.867 bits per heavy atom. The van der Waals surface area contributed by atoms with Gasteiger partial charge in [-0.2, -0.15) is 0 Å². The van der Waals surface area contributed by atoms with Gasteiger partial charge in [-0.05, 0) is 135 Å². The van der Waals surface area contributed by atoms with Gasteiger partial charge in [-0.3, -0.25) is 14.4 Å². The van der Waals surface area contributed by atoms with Gasteiger partial charge in [0, 0.05) is 19.3 Å². The van der Waals surface area contributed by atoms with Crippen molar-refractivity contribution >= 4 is 17.9 Å². The quantitative estimate of drug-likeness (QED) is 0.0261. The maximum atomic E-state index is 12.9. The minimum absolute atomic E-state index is 0.0996. The smallest absolute Gasteiger partial charge is 0.306 e. The molecule has 0 aliphatic carbocycles. The van der Waals surface area contributed by atoms with Crippen molar-refractivity contribution < 1.29 is 28.6 Å². The van der Waals surface area contributed by atoms with Gasteiger partial charge in [-0.15, -0.1) is 0 Å². The third-order valence-corrected chi connectivity index (χ3v) is 12.6. The van der Waals surface area contributed by atoms with Gasteiger partial charge in [0.15, 0.2) is 6.10 Å². The lowest BCUT2D eigenvalue weighted by atomic mass is 10.1. The van der Waals surface area contributed by atoms with Crippen molar-refractivity contribution in [2.75, 3.05) is 13.2 Å². The number of unbranched alkanes of at least 4 members (excludes halogenated alkanes) is 21. The highest BCUT2D eigenvalue weighted by Gasteiger charge is 2.19. The van der Waals surface area contributed by atoms with Crippen LogP contribution in [-0.2, 0) is 28.6 Å². The molecule has 0 spiro atoms. The summed E-state index contributed by atoms with van der Waals surface area (Å²) in [5.41, 5.74) is 0. The van der Waals surface area contributed by atoms with Gasteiger partial charge >= 0.3 is 17.9 Å². The summed E-state index contributed by atoms with van der Waals surface area (Å²) in [6.07, 6.45) is 87.3. The van der Waals surface area contributed by atoms with Crippen LogP contribution in [0.1, 0.15) is 265 Å². The van der Waals surface area contributed by atoms with Gasteiger partial charge in [-0.25, -0.2) is 0 Å². The van der Waals surface area contributed by atoms with Crippen LogP contribution in [0.5, 0.6) is 0 Å². The summed E-state index contributed by atoms with van der Waals surface area (Å²) in [7, 11) is 0. The zero-order valence-electron chi connectivity index (χ0n) is 48.5. The molecule has 0 fully saturated rings. The van der Waals surface area contributed by atoms with E-state index in [4.69, 9.17) is 14.2 Å². The summed E-state index contributed by atoms with van der Waals surface area (Å²) in [4.78, 5) is 38.2. The van der Waals surface area contributed by atoms with E-state index < -0.39 is 6.10 Å². The minimum Gasteiger partial charge on any atom is -0.462 e. The molecule has 0 bridgehead atoms. The number of ether oxygens (including phenoxy) is 3. The molecule has 1 atom stereocenters. The van der Waals surface area contributed by atoms with E-state index in [1.54, 1.807) is 0 Å². The molecule has 0 aromatic heterocycles. The van der Waals surface area contributed by atoms with Crippen LogP contribution in [0.15, 0.2) is 134 Å². The minimum atomic E-state index is -0.804. The summed E-state index contributed by atoms with van der Waals surface area (Å²) in [6.45, 7) is 6.43. The predicted octanol–water partition coefficient (Wildman–Crippen LogP) is 21.0. The second-order valence-electron chi connectivity index (χ2n) is 19.9. The maximum Gasteiger partial charge on any atom is 0.306 e. The molecule has 6 nitrogen and oxygen atoms in total. The number of esters is 3. The van der Waals surface area contributed by atoms with E-state index in [1.165, 1.54) is 64.2 Å². The van der Waals surface area contributed by atoms with Crippen LogP contribution in [0.25, 0.3) is 0 Å². The number of carbonyl (C=O) groups is 3. The van der Waals surface area contributed by atoms with Crippen LogP contribution >= 0.6 is 0 Å². The molecule has 0 aliphatic heterocycles. The number of carbonyl (C=O) groups excluding carboxylic acids is 3. The first-order valence-corrected chi connectivity index (χ1v) is 30.7. The third kappa shape index (κ3) is 60.3. The van der Waals surface area contributed by atoms with Crippen molar-refractivity contribution in [3.05, 3.63) is 134 Å². The number of hydrogen-bond acceptors (Lipinski definition) is 6. The Kier molecular flexibility index (Phi) is 58.4. The maximum absolute atomic E-state index is 12.9. The standard InChI is InChI=1S/C69H112O6/c1-4-7-10-13-16-19-22-25-28-29-30-31-32-33-34-35-36-37-38-39-40-41-42-45-47-50-53-56-59-62-68(71)74-65-66(75-69(72)63-60-57-54-51-48-44-27-24-21-18-15-12-9-6-3)64-73-67(70)61-58-55-52-49-46-43-26-23-20-17-14-11-8-5-2/h7,10,15-16,18-19,23-28,30-31,33-34,36-37,39-40,42,45,66H,4-6,8-9,11-14,17,20-22,29,32,35,38,41,43-44,46-65H2,1-3H3/b10-7-,18-15-,19-16-,26-23-,27-24-,28-25-,31-30-,34-33-,37-36-,40-39-,45-42-. The van der Waals surface area contributed by atoms with E-state index in [0.29, 0.717) is 19.3 Å². The molecule has 0 radical (unpaired) electrons. The molecule has 0 amide bonds. The Bertz CT molecular complexity index is 1620. The molecule has 0 rings (SSSR count). The topological polar surface area (TPSA) is 78.9 Å². The van der Waals surface area contributed by atoms with E-state index in [1.807, 2.05) is 0 Å². The Hall–Kier alpha value is -4.45. The largest absolute Gasteiger partial charge is 0.462 e. The molecule has 75 heavy (non-hydrogen) atoms. The van der Waals surface area contributed by atoms with Crippen LogP contribution in [0.2, 0.25) is 0 Å². The molecule has 0 aromatic rings. The van der Waals surface area contributed by atoms with Gasteiger partial charge in [0.05, 0.1) is 0 Å². The van der Waals surface area contributed by atoms with Crippen molar-refractivity contribution in [3.63, 3.8) is 0 Å². The zero-order chi connectivity index (χ0) is 54.3. The van der Waals surface area contributed by atoms with Crippen molar-refractivity contribution in [1.82, 2.24) is 0 Å². The Balaban J connectivity index is 4.39. The molecule has 424 valence electrons. The molecule has 6 heteroatoms. The fourth-order valence-corrected chi connectivity index (χ4v) is 8.00. The first kappa shape index (κ1) is 70.5. The summed E-state index contributed by atoms with van der Waals surface area (Å²) < 4.78 is 16.8.